The van der Waals surface area contributed by atoms with Gasteiger partial charge in [0, 0.05) is 22.4 Å². The molecule has 21 heavy (non-hydrogen) atoms. The Morgan fingerprint density at radius 2 is 1.67 bits per heavy atom. The van der Waals surface area contributed by atoms with Crippen LogP contribution in [-0.4, -0.2) is 17.1 Å². The smallest absolute Gasteiger partial charge is 0.218 e. The maximum Gasteiger partial charge on any atom is 0.218 e. The van der Waals surface area contributed by atoms with Crippen LogP contribution in [0, 0.1) is 0 Å². The largest absolute Gasteiger partial charge is 0.337 e. The first-order valence-corrected chi connectivity index (χ1v) is 7.60. The molecule has 2 rings (SSSR count). The third-order valence-electron chi connectivity index (χ3n) is 2.70. The molecule has 3 nitrogen and oxygen atoms in total. The molecule has 5 heteroatoms. The first-order chi connectivity index (χ1) is 10.1. The lowest BCUT2D eigenvalue weighted by molar-refractivity contribution is -0.119. The second-order valence-electron chi connectivity index (χ2n) is 4.38. The van der Waals surface area contributed by atoms with E-state index in [-0.39, 0.29) is 11.7 Å². The van der Waals surface area contributed by atoms with E-state index in [1.807, 2.05) is 18.2 Å². The van der Waals surface area contributed by atoms with E-state index >= 15 is 0 Å². The third kappa shape index (κ3) is 4.62. The van der Waals surface area contributed by atoms with Crippen LogP contribution in [0.2, 0.25) is 5.02 Å². The summed E-state index contributed by atoms with van der Waals surface area (Å²) in [6, 6.07) is 16.1. The van der Waals surface area contributed by atoms with E-state index < -0.39 is 5.37 Å². The minimum Gasteiger partial charge on any atom is -0.337 e. The fourth-order valence-corrected chi connectivity index (χ4v) is 2.90. The Morgan fingerprint density at radius 1 is 1.05 bits per heavy atom. The number of thioether (sulfide) groups is 1. The number of nitrogens with one attached hydrogen (secondary N) is 1. The highest BCUT2D eigenvalue weighted by molar-refractivity contribution is 8.00. The highest BCUT2D eigenvalue weighted by Crippen LogP contribution is 2.25. The van der Waals surface area contributed by atoms with E-state index in [0.29, 0.717) is 10.6 Å². The van der Waals surface area contributed by atoms with E-state index in [9.17, 15) is 9.59 Å². The van der Waals surface area contributed by atoms with Gasteiger partial charge in [0.25, 0.3) is 0 Å². The van der Waals surface area contributed by atoms with Gasteiger partial charge in [0.1, 0.15) is 5.37 Å². The predicted octanol–water partition coefficient (Wildman–Crippen LogP) is 3.78. The maximum atomic E-state index is 12.5. The van der Waals surface area contributed by atoms with Crippen molar-refractivity contribution in [3.63, 3.8) is 0 Å². The molecule has 0 aliphatic heterocycles. The molecule has 0 aliphatic rings. The fraction of sp³-hybridized carbons (Fsp3) is 0.125. The molecule has 0 saturated carbocycles. The lowest BCUT2D eigenvalue weighted by atomic mass is 10.1. The second kappa shape index (κ2) is 7.29. The molecular formula is C16H14ClNO2S. The van der Waals surface area contributed by atoms with Crippen LogP contribution >= 0.6 is 23.4 Å². The summed E-state index contributed by atoms with van der Waals surface area (Å²) in [4.78, 5) is 24.7. The number of hydrogen-bond donors (Lipinski definition) is 1. The Morgan fingerprint density at radius 3 is 2.24 bits per heavy atom. The zero-order valence-corrected chi connectivity index (χ0v) is 12.9. The molecule has 2 aromatic rings. The average molecular weight is 320 g/mol. The number of halogens is 1. The molecule has 2 aromatic carbocycles. The first-order valence-electron chi connectivity index (χ1n) is 6.35. The average Bonchev–Trinajstić information content (AvgIpc) is 2.48. The van der Waals surface area contributed by atoms with Gasteiger partial charge in [-0.2, -0.15) is 0 Å². The van der Waals surface area contributed by atoms with Crippen molar-refractivity contribution in [2.24, 2.45) is 0 Å². The van der Waals surface area contributed by atoms with Crippen molar-refractivity contribution < 1.29 is 9.59 Å². The molecule has 1 amide bonds. The van der Waals surface area contributed by atoms with E-state index in [0.717, 1.165) is 4.90 Å². The fourth-order valence-electron chi connectivity index (χ4n) is 1.74. The van der Waals surface area contributed by atoms with Gasteiger partial charge >= 0.3 is 0 Å². The van der Waals surface area contributed by atoms with Crippen LogP contribution in [-0.2, 0) is 4.79 Å². The standard InChI is InChI=1S/C16H14ClNO2S/c1-11(19)18-16(15(20)12-5-3-2-4-6-12)21-14-9-7-13(17)8-10-14/h2-10,16H,1H3,(H,18,19). The molecule has 0 fully saturated rings. The van der Waals surface area contributed by atoms with Gasteiger partial charge in [-0.1, -0.05) is 53.7 Å². The zero-order chi connectivity index (χ0) is 15.2. The molecule has 1 N–H and O–H groups in total. The lowest BCUT2D eigenvalue weighted by Crippen LogP contribution is -2.37. The summed E-state index contributed by atoms with van der Waals surface area (Å²) >= 11 is 7.13. The summed E-state index contributed by atoms with van der Waals surface area (Å²) in [5.74, 6) is -0.378. The van der Waals surface area contributed by atoms with Gasteiger partial charge in [-0.15, -0.1) is 0 Å². The van der Waals surface area contributed by atoms with Crippen molar-refractivity contribution >= 4 is 35.1 Å². The molecule has 108 valence electrons. The number of carbonyl (C=O) groups is 2. The van der Waals surface area contributed by atoms with Crippen LogP contribution in [0.15, 0.2) is 59.5 Å². The second-order valence-corrected chi connectivity index (χ2v) is 6.00. The monoisotopic (exact) mass is 319 g/mol. The van der Waals surface area contributed by atoms with Crippen LogP contribution in [0.4, 0.5) is 0 Å². The summed E-state index contributed by atoms with van der Waals surface area (Å²) in [5, 5.41) is 2.65. The molecular weight excluding hydrogens is 306 g/mol. The van der Waals surface area contributed by atoms with Crippen molar-refractivity contribution in [3.05, 3.63) is 65.2 Å². The minimum absolute atomic E-state index is 0.134. The Labute approximate surface area is 132 Å². The number of hydrogen-bond acceptors (Lipinski definition) is 3. The zero-order valence-electron chi connectivity index (χ0n) is 11.4. The Hall–Kier alpha value is -1.78. The van der Waals surface area contributed by atoms with Crippen LogP contribution in [0.1, 0.15) is 17.3 Å². The van der Waals surface area contributed by atoms with Gasteiger partial charge in [-0.3, -0.25) is 9.59 Å². The first kappa shape index (κ1) is 15.6. The van der Waals surface area contributed by atoms with Gasteiger partial charge < -0.3 is 5.32 Å². The van der Waals surface area contributed by atoms with Crippen molar-refractivity contribution in [2.75, 3.05) is 0 Å². The Balaban J connectivity index is 2.20. The van der Waals surface area contributed by atoms with Gasteiger partial charge in [-0.05, 0) is 24.3 Å². The molecule has 1 unspecified atom stereocenters. The lowest BCUT2D eigenvalue weighted by Gasteiger charge is -2.16. The number of Topliss-reactive ketones (excluding diaryl/α,β-unsaturated/α-hetero) is 1. The van der Waals surface area contributed by atoms with E-state index in [1.54, 1.807) is 36.4 Å². The van der Waals surface area contributed by atoms with Gasteiger partial charge in [0.2, 0.25) is 5.91 Å². The van der Waals surface area contributed by atoms with Crippen molar-refractivity contribution in [1.82, 2.24) is 5.32 Å². The topological polar surface area (TPSA) is 46.2 Å². The van der Waals surface area contributed by atoms with Crippen LogP contribution in [0.25, 0.3) is 0 Å². The molecule has 0 heterocycles. The van der Waals surface area contributed by atoms with Crippen molar-refractivity contribution in [2.45, 2.75) is 17.2 Å². The molecule has 0 radical (unpaired) electrons. The molecule has 0 spiro atoms. The van der Waals surface area contributed by atoms with E-state index in [4.69, 9.17) is 11.6 Å². The number of benzene rings is 2. The van der Waals surface area contributed by atoms with E-state index in [1.165, 1.54) is 18.7 Å². The van der Waals surface area contributed by atoms with Crippen molar-refractivity contribution in [3.8, 4) is 0 Å². The Kier molecular flexibility index (Phi) is 5.42. The third-order valence-corrected chi connectivity index (χ3v) is 4.06. The normalized spacial score (nSPS) is 11.7. The summed E-state index contributed by atoms with van der Waals surface area (Å²) in [6.07, 6.45) is 0. The van der Waals surface area contributed by atoms with Crippen LogP contribution < -0.4 is 5.32 Å². The summed E-state index contributed by atoms with van der Waals surface area (Å²) < 4.78 is 0. The number of rotatable bonds is 5. The molecule has 0 aromatic heterocycles. The van der Waals surface area contributed by atoms with Gasteiger partial charge in [0.15, 0.2) is 5.78 Å². The number of carbonyl (C=O) groups excluding carboxylic acids is 2. The Bertz CT molecular complexity index is 628. The van der Waals surface area contributed by atoms with Crippen LogP contribution in [0.3, 0.4) is 0 Å². The molecule has 0 saturated heterocycles. The van der Waals surface area contributed by atoms with E-state index in [2.05, 4.69) is 5.32 Å². The summed E-state index contributed by atoms with van der Waals surface area (Å²) in [5.41, 5.74) is 0.567. The summed E-state index contributed by atoms with van der Waals surface area (Å²) in [6.45, 7) is 1.40. The van der Waals surface area contributed by atoms with Gasteiger partial charge in [-0.25, -0.2) is 0 Å². The minimum atomic E-state index is -0.661. The maximum absolute atomic E-state index is 12.5. The summed E-state index contributed by atoms with van der Waals surface area (Å²) in [7, 11) is 0. The highest BCUT2D eigenvalue weighted by Gasteiger charge is 2.22. The quantitative estimate of drug-likeness (QED) is 0.518. The van der Waals surface area contributed by atoms with Crippen LogP contribution in [0.5, 0.6) is 0 Å². The predicted molar refractivity (Wildman–Crippen MR) is 85.7 cm³/mol. The molecule has 0 bridgehead atoms. The van der Waals surface area contributed by atoms with Gasteiger partial charge in [0.05, 0.1) is 0 Å². The number of ketones is 1. The number of amides is 1. The highest BCUT2D eigenvalue weighted by atomic mass is 35.5. The SMILES string of the molecule is CC(=O)NC(Sc1ccc(Cl)cc1)C(=O)c1ccccc1. The van der Waals surface area contributed by atoms with Crippen molar-refractivity contribution in [1.29, 1.82) is 0 Å². The molecule has 0 aliphatic carbocycles. The molecule has 1 atom stereocenters.